The van der Waals surface area contributed by atoms with E-state index in [1.165, 1.54) is 5.57 Å². The summed E-state index contributed by atoms with van der Waals surface area (Å²) < 4.78 is 18.8. The van der Waals surface area contributed by atoms with Gasteiger partial charge in [0.25, 0.3) is 0 Å². The van der Waals surface area contributed by atoms with E-state index in [0.717, 1.165) is 12.8 Å². The molecule has 0 amide bonds. The van der Waals surface area contributed by atoms with Crippen LogP contribution >= 0.6 is 0 Å². The fourth-order valence-electron chi connectivity index (χ4n) is 2.58. The molecule has 0 heterocycles. The minimum atomic E-state index is -2.61. The van der Waals surface area contributed by atoms with Crippen molar-refractivity contribution in [3.05, 3.63) is 21.7 Å². The molecule has 0 fully saturated rings. The topological polar surface area (TPSA) is 27.7 Å². The zero-order chi connectivity index (χ0) is 14.7. The average molecular weight is 468 g/mol. The molecule has 0 aromatic rings. The monoisotopic (exact) mass is 467 g/mol. The molecule has 0 spiro atoms. The average Bonchev–Trinajstić information content (AvgIpc) is 2.85. The van der Waals surface area contributed by atoms with Crippen LogP contribution in [0.5, 0.6) is 0 Å². The van der Waals surface area contributed by atoms with E-state index in [1.807, 2.05) is 0 Å². The summed E-state index contributed by atoms with van der Waals surface area (Å²) in [5, 5.41) is 7.33. The van der Waals surface area contributed by atoms with Gasteiger partial charge in [0, 0.05) is 0 Å². The van der Waals surface area contributed by atoms with Crippen molar-refractivity contribution in [3.63, 3.8) is 0 Å². The van der Waals surface area contributed by atoms with E-state index in [0.29, 0.717) is 0 Å². The number of allylic oxidation sites excluding steroid dienone is 4. The van der Waals surface area contributed by atoms with Gasteiger partial charge in [0.2, 0.25) is 0 Å². The van der Waals surface area contributed by atoms with Crippen LogP contribution in [0.2, 0.25) is 21.5 Å². The first-order chi connectivity index (χ1) is 8.86. The van der Waals surface area contributed by atoms with Crippen LogP contribution in [0.25, 0.3) is 0 Å². The molecule has 1 rings (SSSR count). The molecule has 5 heteroatoms. The molecule has 0 aromatic heterocycles. The van der Waals surface area contributed by atoms with Crippen LogP contribution in [0.3, 0.4) is 0 Å². The second-order valence-corrected chi connectivity index (χ2v) is 19.8. The molecule has 3 nitrogen and oxygen atoms in total. The summed E-state index contributed by atoms with van der Waals surface area (Å²) in [4.78, 5) is 0. The summed E-state index contributed by atoms with van der Waals surface area (Å²) in [6.07, 6.45) is 6.65. The molecule has 0 N–H and O–H groups in total. The van der Waals surface area contributed by atoms with Crippen molar-refractivity contribution < 1.29 is 29.3 Å². The molecule has 1 aliphatic carbocycles. The Morgan fingerprint density at radius 3 is 2.05 bits per heavy atom. The van der Waals surface area contributed by atoms with Crippen molar-refractivity contribution in [3.8, 4) is 0 Å². The maximum atomic E-state index is 5.71. The first kappa shape index (κ1) is 17.3. The normalized spacial score (nSPS) is 19.1. The Labute approximate surface area is 122 Å². The van der Waals surface area contributed by atoms with Crippen LogP contribution in [-0.2, 0) is 29.3 Å². The van der Waals surface area contributed by atoms with Gasteiger partial charge < -0.3 is 0 Å². The predicted octanol–water partition coefficient (Wildman–Crippen LogP) is 4.16. The standard InChI is InChI=1S/C11H19O3Si.3CH3.Pt/c1-5-11(10-8-6-7-9-10)15(12-2,13-3)14-4;;;;/h6,8,11H,5,7H2,1-4H3;3*1H3;. The van der Waals surface area contributed by atoms with Crippen molar-refractivity contribution in [1.82, 2.24) is 0 Å². The van der Waals surface area contributed by atoms with Gasteiger partial charge in [0.15, 0.2) is 0 Å². The number of hydrogen-bond donors (Lipinski definition) is 0. The van der Waals surface area contributed by atoms with Crippen LogP contribution in [-0.4, -0.2) is 30.1 Å². The molecule has 19 heavy (non-hydrogen) atoms. The second-order valence-electron chi connectivity index (χ2n) is 5.03. The molecule has 0 aromatic carbocycles. The van der Waals surface area contributed by atoms with Crippen molar-refractivity contribution in [2.45, 2.75) is 41.2 Å². The van der Waals surface area contributed by atoms with Crippen LogP contribution in [0.1, 0.15) is 19.8 Å². The van der Waals surface area contributed by atoms with E-state index in [4.69, 9.17) is 13.3 Å². The van der Waals surface area contributed by atoms with Gasteiger partial charge in [0.05, 0.1) is 0 Å². The molecular weight excluding hydrogens is 439 g/mol. The van der Waals surface area contributed by atoms with Gasteiger partial charge in [0.1, 0.15) is 0 Å². The fourth-order valence-corrected chi connectivity index (χ4v) is 9.60. The van der Waals surface area contributed by atoms with E-state index in [9.17, 15) is 0 Å². The van der Waals surface area contributed by atoms with E-state index in [1.54, 1.807) is 25.3 Å². The number of hydrogen-bond acceptors (Lipinski definition) is 3. The fraction of sp³-hybridized carbons (Fsp3) is 0.714. The third-order valence-corrected chi connectivity index (χ3v) is 12.0. The quantitative estimate of drug-likeness (QED) is 0.527. The summed E-state index contributed by atoms with van der Waals surface area (Å²) in [6.45, 7) is 2.19. The Morgan fingerprint density at radius 1 is 1.16 bits per heavy atom. The zero-order valence-corrected chi connectivity index (χ0v) is 16.5. The molecular formula is C14H28O3PtSi. The van der Waals surface area contributed by atoms with Crippen LogP contribution < -0.4 is 0 Å². The Kier molecular flexibility index (Phi) is 6.21. The van der Waals surface area contributed by atoms with Gasteiger partial charge in [-0.3, -0.25) is 0 Å². The van der Waals surface area contributed by atoms with E-state index in [2.05, 4.69) is 35.0 Å². The zero-order valence-electron chi connectivity index (χ0n) is 13.2. The third-order valence-electron chi connectivity index (χ3n) is 3.51. The molecule has 1 unspecified atom stereocenters. The summed E-state index contributed by atoms with van der Waals surface area (Å²) >= 11 is -1.75. The van der Waals surface area contributed by atoms with E-state index < -0.39 is 24.9 Å². The Balaban J connectivity index is 3.25. The van der Waals surface area contributed by atoms with Crippen LogP contribution in [0.15, 0.2) is 21.7 Å². The van der Waals surface area contributed by atoms with Gasteiger partial charge in [-0.15, -0.1) is 0 Å². The van der Waals surface area contributed by atoms with Crippen molar-refractivity contribution in [2.24, 2.45) is 0 Å². The Morgan fingerprint density at radius 2 is 1.68 bits per heavy atom. The summed E-state index contributed by atoms with van der Waals surface area (Å²) in [7, 11) is 2.51. The summed E-state index contributed by atoms with van der Waals surface area (Å²) in [5.41, 5.74) is 1.69. The SMILES string of the molecule is CCC(C1=[C]([Pt]([CH3])([CH3])[CH3])CC=C1)[Si](OC)(OC)OC. The summed E-state index contributed by atoms with van der Waals surface area (Å²) in [5.74, 6) is 0. The maximum absolute atomic E-state index is 5.71. The van der Waals surface area contributed by atoms with Gasteiger partial charge >= 0.3 is 122 Å². The molecule has 1 atom stereocenters. The summed E-state index contributed by atoms with van der Waals surface area (Å²) in [6, 6.07) is 0. The van der Waals surface area contributed by atoms with Gasteiger partial charge in [-0.25, -0.2) is 0 Å². The van der Waals surface area contributed by atoms with Gasteiger partial charge in [-0.1, -0.05) is 0 Å². The van der Waals surface area contributed by atoms with E-state index >= 15 is 0 Å². The molecule has 0 saturated carbocycles. The van der Waals surface area contributed by atoms with Gasteiger partial charge in [-0.2, -0.15) is 0 Å². The van der Waals surface area contributed by atoms with E-state index in [-0.39, 0.29) is 5.54 Å². The number of rotatable bonds is 7. The molecule has 1 aliphatic rings. The Bertz CT molecular complexity index is 359. The Hall–Kier alpha value is 0.265. The molecule has 0 radical (unpaired) electrons. The predicted molar refractivity (Wildman–Crippen MR) is 79.2 cm³/mol. The van der Waals surface area contributed by atoms with Crippen LogP contribution in [0, 0.1) is 0 Å². The molecule has 0 bridgehead atoms. The molecule has 0 aliphatic heterocycles. The second kappa shape index (κ2) is 6.81. The minimum absolute atomic E-state index is 0.254. The third kappa shape index (κ3) is 3.48. The van der Waals surface area contributed by atoms with Crippen molar-refractivity contribution in [1.29, 1.82) is 0 Å². The first-order valence-electron chi connectivity index (χ1n) is 6.27. The van der Waals surface area contributed by atoms with Gasteiger partial charge in [-0.05, 0) is 0 Å². The first-order valence-corrected chi connectivity index (χ1v) is 16.0. The van der Waals surface area contributed by atoms with Crippen molar-refractivity contribution in [2.75, 3.05) is 21.3 Å². The molecule has 0 saturated heterocycles. The molecule has 116 valence electrons. The van der Waals surface area contributed by atoms with Crippen LogP contribution in [0.4, 0.5) is 0 Å². The van der Waals surface area contributed by atoms with Crippen molar-refractivity contribution >= 4 is 8.80 Å².